The van der Waals surface area contributed by atoms with Crippen LogP contribution in [-0.2, 0) is 24.2 Å². The zero-order chi connectivity index (χ0) is 12.5. The van der Waals surface area contributed by atoms with Crippen molar-refractivity contribution < 1.29 is 4.74 Å². The van der Waals surface area contributed by atoms with E-state index < -0.39 is 0 Å². The van der Waals surface area contributed by atoms with Crippen LogP contribution in [0.25, 0.3) is 10.9 Å². The van der Waals surface area contributed by atoms with Crippen molar-refractivity contribution in [3.05, 3.63) is 35.0 Å². The molecule has 1 aromatic heterocycles. The normalized spacial score (nSPS) is 14.7. The fourth-order valence-electron chi connectivity index (χ4n) is 2.82. The summed E-state index contributed by atoms with van der Waals surface area (Å²) in [6, 6.07) is 6.24. The topological polar surface area (TPSA) is 48.1 Å². The number of aromatic nitrogens is 1. The molecular weight excluding hydrogens is 224 g/mol. The van der Waals surface area contributed by atoms with Crippen LogP contribution in [0, 0.1) is 0 Å². The van der Waals surface area contributed by atoms with Gasteiger partial charge in [-0.25, -0.2) is 4.98 Å². The van der Waals surface area contributed by atoms with Gasteiger partial charge in [0.15, 0.2) is 0 Å². The molecule has 2 aromatic rings. The Labute approximate surface area is 107 Å². The van der Waals surface area contributed by atoms with E-state index in [0.717, 1.165) is 28.7 Å². The Morgan fingerprint density at radius 3 is 2.94 bits per heavy atom. The lowest BCUT2D eigenvalue weighted by atomic mass is 9.89. The van der Waals surface area contributed by atoms with Crippen LogP contribution in [0.2, 0.25) is 0 Å². The van der Waals surface area contributed by atoms with Gasteiger partial charge in [-0.1, -0.05) is 12.1 Å². The SMILES string of the molecule is COCc1cc(N)c2ccc3c(c2n1)CCCC3. The Morgan fingerprint density at radius 2 is 2.11 bits per heavy atom. The first kappa shape index (κ1) is 11.5. The summed E-state index contributed by atoms with van der Waals surface area (Å²) in [5, 5.41) is 1.08. The molecule has 3 heteroatoms. The number of pyridine rings is 1. The smallest absolute Gasteiger partial charge is 0.0885 e. The average Bonchev–Trinajstić information content (AvgIpc) is 2.39. The largest absolute Gasteiger partial charge is 0.398 e. The first-order valence-electron chi connectivity index (χ1n) is 6.48. The molecule has 0 fully saturated rings. The number of nitrogens with two attached hydrogens (primary N) is 1. The van der Waals surface area contributed by atoms with Crippen LogP contribution in [0.1, 0.15) is 29.7 Å². The number of hydrogen-bond acceptors (Lipinski definition) is 3. The lowest BCUT2D eigenvalue weighted by Crippen LogP contribution is -2.06. The highest BCUT2D eigenvalue weighted by Gasteiger charge is 2.15. The molecule has 0 amide bonds. The second-order valence-electron chi connectivity index (χ2n) is 4.94. The summed E-state index contributed by atoms with van der Waals surface area (Å²) in [5.74, 6) is 0. The van der Waals surface area contributed by atoms with Crippen molar-refractivity contribution in [2.45, 2.75) is 32.3 Å². The van der Waals surface area contributed by atoms with Gasteiger partial charge >= 0.3 is 0 Å². The minimum absolute atomic E-state index is 0.518. The van der Waals surface area contributed by atoms with E-state index in [4.69, 9.17) is 15.5 Å². The molecule has 18 heavy (non-hydrogen) atoms. The van der Waals surface area contributed by atoms with Gasteiger partial charge in [0.25, 0.3) is 0 Å². The quantitative estimate of drug-likeness (QED) is 0.881. The van der Waals surface area contributed by atoms with E-state index in [1.165, 1.54) is 30.4 Å². The molecule has 0 aliphatic heterocycles. The van der Waals surface area contributed by atoms with Crippen molar-refractivity contribution in [3.63, 3.8) is 0 Å². The van der Waals surface area contributed by atoms with Gasteiger partial charge in [-0.05, 0) is 42.9 Å². The van der Waals surface area contributed by atoms with Crippen LogP contribution >= 0.6 is 0 Å². The first-order valence-corrected chi connectivity index (χ1v) is 6.48. The summed E-state index contributed by atoms with van der Waals surface area (Å²) in [6.45, 7) is 0.518. The van der Waals surface area contributed by atoms with Gasteiger partial charge in [-0.15, -0.1) is 0 Å². The molecule has 3 rings (SSSR count). The molecule has 1 heterocycles. The minimum Gasteiger partial charge on any atom is -0.398 e. The number of fused-ring (bicyclic) bond motifs is 3. The predicted octanol–water partition coefficient (Wildman–Crippen LogP) is 2.84. The highest BCUT2D eigenvalue weighted by atomic mass is 16.5. The third-order valence-electron chi connectivity index (χ3n) is 3.68. The van der Waals surface area contributed by atoms with Gasteiger partial charge in [0.1, 0.15) is 0 Å². The number of hydrogen-bond donors (Lipinski definition) is 1. The Hall–Kier alpha value is -1.61. The molecule has 0 saturated carbocycles. The molecule has 94 valence electrons. The number of methoxy groups -OCH3 is 1. The summed E-state index contributed by atoms with van der Waals surface area (Å²) in [7, 11) is 1.68. The van der Waals surface area contributed by atoms with Crippen molar-refractivity contribution in [1.82, 2.24) is 4.98 Å². The van der Waals surface area contributed by atoms with E-state index in [1.54, 1.807) is 7.11 Å². The number of rotatable bonds is 2. The number of anilines is 1. The second kappa shape index (κ2) is 4.58. The van der Waals surface area contributed by atoms with Crippen LogP contribution in [0.4, 0.5) is 5.69 Å². The van der Waals surface area contributed by atoms with Crippen molar-refractivity contribution in [1.29, 1.82) is 0 Å². The van der Waals surface area contributed by atoms with E-state index in [1.807, 2.05) is 6.07 Å². The molecule has 0 unspecified atom stereocenters. The molecule has 1 aliphatic rings. The lowest BCUT2D eigenvalue weighted by molar-refractivity contribution is 0.182. The van der Waals surface area contributed by atoms with Crippen molar-refractivity contribution in [2.75, 3.05) is 12.8 Å². The number of nitrogens with zero attached hydrogens (tertiary/aromatic N) is 1. The van der Waals surface area contributed by atoms with Gasteiger partial charge in [0, 0.05) is 18.2 Å². The zero-order valence-electron chi connectivity index (χ0n) is 10.7. The summed E-state index contributed by atoms with van der Waals surface area (Å²) in [4.78, 5) is 4.73. The lowest BCUT2D eigenvalue weighted by Gasteiger charge is -2.18. The molecule has 1 aromatic carbocycles. The Morgan fingerprint density at radius 1 is 1.28 bits per heavy atom. The molecule has 0 radical (unpaired) electrons. The Kier molecular flexibility index (Phi) is 2.92. The van der Waals surface area contributed by atoms with E-state index in [2.05, 4.69) is 12.1 Å². The number of aryl methyl sites for hydroxylation is 2. The molecule has 0 spiro atoms. The van der Waals surface area contributed by atoms with E-state index >= 15 is 0 Å². The number of nitrogen functional groups attached to an aromatic ring is 1. The standard InChI is InChI=1S/C15H18N2O/c1-18-9-11-8-14(16)13-7-6-10-4-2-3-5-12(10)15(13)17-11/h6-8H,2-5,9H2,1H3,(H2,16,17). The highest BCUT2D eigenvalue weighted by molar-refractivity contribution is 5.93. The summed E-state index contributed by atoms with van der Waals surface area (Å²) in [6.07, 6.45) is 4.82. The molecule has 0 bridgehead atoms. The van der Waals surface area contributed by atoms with E-state index in [0.29, 0.717) is 6.61 Å². The fourth-order valence-corrected chi connectivity index (χ4v) is 2.82. The monoisotopic (exact) mass is 242 g/mol. The van der Waals surface area contributed by atoms with Crippen LogP contribution in [0.15, 0.2) is 18.2 Å². The summed E-state index contributed by atoms with van der Waals surface area (Å²) in [5.41, 5.74) is 11.8. The van der Waals surface area contributed by atoms with Crippen LogP contribution in [0.3, 0.4) is 0 Å². The van der Waals surface area contributed by atoms with E-state index in [-0.39, 0.29) is 0 Å². The third-order valence-corrected chi connectivity index (χ3v) is 3.68. The third kappa shape index (κ3) is 1.85. The van der Waals surface area contributed by atoms with Crippen LogP contribution in [-0.4, -0.2) is 12.1 Å². The summed E-state index contributed by atoms with van der Waals surface area (Å²) >= 11 is 0. The molecule has 1 aliphatic carbocycles. The van der Waals surface area contributed by atoms with E-state index in [9.17, 15) is 0 Å². The fraction of sp³-hybridized carbons (Fsp3) is 0.400. The Balaban J connectivity index is 2.24. The predicted molar refractivity (Wildman–Crippen MR) is 73.5 cm³/mol. The minimum atomic E-state index is 0.518. The van der Waals surface area contributed by atoms with Crippen molar-refractivity contribution in [3.8, 4) is 0 Å². The maximum absolute atomic E-state index is 6.12. The van der Waals surface area contributed by atoms with Crippen LogP contribution < -0.4 is 5.73 Å². The summed E-state index contributed by atoms with van der Waals surface area (Å²) < 4.78 is 5.16. The van der Waals surface area contributed by atoms with Gasteiger partial charge in [-0.3, -0.25) is 0 Å². The number of ether oxygens (including phenoxy) is 1. The van der Waals surface area contributed by atoms with Crippen molar-refractivity contribution >= 4 is 16.6 Å². The van der Waals surface area contributed by atoms with Gasteiger partial charge in [0.05, 0.1) is 17.8 Å². The Bertz CT molecular complexity index is 593. The maximum atomic E-state index is 6.12. The van der Waals surface area contributed by atoms with Gasteiger partial charge in [-0.2, -0.15) is 0 Å². The van der Waals surface area contributed by atoms with Gasteiger partial charge < -0.3 is 10.5 Å². The molecule has 0 saturated heterocycles. The first-order chi connectivity index (χ1) is 8.79. The molecule has 2 N–H and O–H groups in total. The maximum Gasteiger partial charge on any atom is 0.0885 e. The molecular formula is C15H18N2O. The van der Waals surface area contributed by atoms with Crippen molar-refractivity contribution in [2.24, 2.45) is 0 Å². The average molecular weight is 242 g/mol. The molecule has 0 atom stereocenters. The van der Waals surface area contributed by atoms with Crippen LogP contribution in [0.5, 0.6) is 0 Å². The highest BCUT2D eigenvalue weighted by Crippen LogP contribution is 2.31. The molecule has 3 nitrogen and oxygen atoms in total. The number of benzene rings is 1. The van der Waals surface area contributed by atoms with Gasteiger partial charge in [0.2, 0.25) is 0 Å². The second-order valence-corrected chi connectivity index (χ2v) is 4.94. The zero-order valence-corrected chi connectivity index (χ0v) is 10.7.